The van der Waals surface area contributed by atoms with Crippen molar-refractivity contribution in [1.29, 1.82) is 0 Å². The molecule has 1 heterocycles. The molecular weight excluding hydrogens is 411 g/mol. The summed E-state index contributed by atoms with van der Waals surface area (Å²) in [5.41, 5.74) is 0.610. The fraction of sp³-hybridized carbons (Fsp3) is 0.333. The number of hydrogen-bond donors (Lipinski definition) is 0. The van der Waals surface area contributed by atoms with Gasteiger partial charge in [0.15, 0.2) is 0 Å². The minimum atomic E-state index is -0.0955. The summed E-state index contributed by atoms with van der Waals surface area (Å²) in [5.74, 6) is -0.113. The predicted octanol–water partition coefficient (Wildman–Crippen LogP) is 1.97. The standard InChI is InChI=1S/C12H12BrIN2O2/c1-15-4-5-16(7-11(15)17)12(18)9-6-8(14)2-3-10(9)13/h2-3,6H,4-5,7H2,1H3. The van der Waals surface area contributed by atoms with Crippen LogP contribution in [0.5, 0.6) is 0 Å². The van der Waals surface area contributed by atoms with Gasteiger partial charge in [-0.2, -0.15) is 0 Å². The summed E-state index contributed by atoms with van der Waals surface area (Å²) in [7, 11) is 1.76. The van der Waals surface area contributed by atoms with E-state index in [0.29, 0.717) is 18.7 Å². The summed E-state index contributed by atoms with van der Waals surface area (Å²) in [6.45, 7) is 1.33. The fourth-order valence-corrected chi connectivity index (χ4v) is 2.67. The summed E-state index contributed by atoms with van der Waals surface area (Å²) >= 11 is 5.55. The summed E-state index contributed by atoms with van der Waals surface area (Å²) in [5, 5.41) is 0. The van der Waals surface area contributed by atoms with Gasteiger partial charge in [-0.05, 0) is 56.7 Å². The number of nitrogens with zero attached hydrogens (tertiary/aromatic N) is 2. The van der Waals surface area contributed by atoms with Gasteiger partial charge >= 0.3 is 0 Å². The van der Waals surface area contributed by atoms with Gasteiger partial charge in [-0.1, -0.05) is 0 Å². The molecule has 0 bridgehead atoms. The molecule has 0 radical (unpaired) electrons. The lowest BCUT2D eigenvalue weighted by atomic mass is 10.2. The highest BCUT2D eigenvalue weighted by Gasteiger charge is 2.26. The van der Waals surface area contributed by atoms with E-state index in [4.69, 9.17) is 0 Å². The minimum Gasteiger partial charge on any atom is -0.342 e. The topological polar surface area (TPSA) is 40.6 Å². The van der Waals surface area contributed by atoms with Gasteiger partial charge in [0.2, 0.25) is 5.91 Å². The van der Waals surface area contributed by atoms with E-state index in [9.17, 15) is 9.59 Å². The van der Waals surface area contributed by atoms with Crippen molar-refractivity contribution < 1.29 is 9.59 Å². The van der Waals surface area contributed by atoms with Crippen LogP contribution in [0, 0.1) is 3.57 Å². The van der Waals surface area contributed by atoms with Crippen LogP contribution in [0.15, 0.2) is 22.7 Å². The van der Waals surface area contributed by atoms with E-state index in [0.717, 1.165) is 8.04 Å². The third-order valence-electron chi connectivity index (χ3n) is 2.90. The maximum atomic E-state index is 12.3. The number of amides is 2. The fourth-order valence-electron chi connectivity index (χ4n) is 1.76. The van der Waals surface area contributed by atoms with Crippen LogP contribution < -0.4 is 0 Å². The number of carbonyl (C=O) groups is 2. The number of likely N-dealkylation sites (N-methyl/N-ethyl adjacent to an activating group) is 1. The Bertz CT molecular complexity index is 507. The van der Waals surface area contributed by atoms with Crippen molar-refractivity contribution in [3.63, 3.8) is 0 Å². The Kier molecular flexibility index (Phi) is 4.26. The molecule has 96 valence electrons. The van der Waals surface area contributed by atoms with E-state index in [1.807, 2.05) is 18.2 Å². The van der Waals surface area contributed by atoms with Crippen LogP contribution in [0.2, 0.25) is 0 Å². The number of halogens is 2. The molecule has 0 atom stereocenters. The zero-order chi connectivity index (χ0) is 13.3. The second-order valence-corrected chi connectivity index (χ2v) is 6.27. The van der Waals surface area contributed by atoms with Crippen molar-refractivity contribution in [2.24, 2.45) is 0 Å². The van der Waals surface area contributed by atoms with E-state index in [-0.39, 0.29) is 18.4 Å². The van der Waals surface area contributed by atoms with E-state index in [2.05, 4.69) is 38.5 Å². The maximum Gasteiger partial charge on any atom is 0.255 e. The zero-order valence-electron chi connectivity index (χ0n) is 9.82. The second-order valence-electron chi connectivity index (χ2n) is 4.17. The number of hydrogen-bond acceptors (Lipinski definition) is 2. The second kappa shape index (κ2) is 5.56. The van der Waals surface area contributed by atoms with Crippen LogP contribution in [-0.2, 0) is 4.79 Å². The van der Waals surface area contributed by atoms with Crippen LogP contribution >= 0.6 is 38.5 Å². The van der Waals surface area contributed by atoms with Crippen LogP contribution in [0.4, 0.5) is 0 Å². The first-order valence-corrected chi connectivity index (χ1v) is 7.34. The molecule has 1 saturated heterocycles. The molecule has 1 aromatic rings. The highest BCUT2D eigenvalue weighted by Crippen LogP contribution is 2.21. The van der Waals surface area contributed by atoms with Crippen molar-refractivity contribution in [2.75, 3.05) is 26.7 Å². The monoisotopic (exact) mass is 422 g/mol. The lowest BCUT2D eigenvalue weighted by molar-refractivity contribution is -0.133. The summed E-state index contributed by atoms with van der Waals surface area (Å²) in [6.07, 6.45) is 0. The molecule has 18 heavy (non-hydrogen) atoms. The molecule has 0 unspecified atom stereocenters. The highest BCUT2D eigenvalue weighted by atomic mass is 127. The van der Waals surface area contributed by atoms with E-state index >= 15 is 0 Å². The molecule has 0 aliphatic carbocycles. The molecular formula is C12H12BrIN2O2. The lowest BCUT2D eigenvalue weighted by Crippen LogP contribution is -2.50. The third-order valence-corrected chi connectivity index (χ3v) is 4.27. The highest BCUT2D eigenvalue weighted by molar-refractivity contribution is 14.1. The summed E-state index contributed by atoms with van der Waals surface area (Å²) < 4.78 is 1.76. The number of rotatable bonds is 1. The SMILES string of the molecule is CN1CCN(C(=O)c2cc(I)ccc2Br)CC1=O. The smallest absolute Gasteiger partial charge is 0.255 e. The Morgan fingerprint density at radius 2 is 2.11 bits per heavy atom. The molecule has 2 amide bonds. The molecule has 1 aliphatic rings. The van der Waals surface area contributed by atoms with Crippen LogP contribution in [-0.4, -0.2) is 48.3 Å². The maximum absolute atomic E-state index is 12.3. The molecule has 1 aromatic carbocycles. The van der Waals surface area contributed by atoms with Crippen molar-refractivity contribution in [1.82, 2.24) is 9.80 Å². The van der Waals surface area contributed by atoms with Gasteiger partial charge in [-0.25, -0.2) is 0 Å². The Balaban J connectivity index is 2.21. The Morgan fingerprint density at radius 1 is 1.39 bits per heavy atom. The van der Waals surface area contributed by atoms with Crippen molar-refractivity contribution >= 4 is 50.3 Å². The average Bonchev–Trinajstić information content (AvgIpc) is 2.35. The van der Waals surface area contributed by atoms with Gasteiger partial charge in [0, 0.05) is 28.2 Å². The van der Waals surface area contributed by atoms with E-state index in [1.165, 1.54) is 0 Å². The molecule has 4 nitrogen and oxygen atoms in total. The predicted molar refractivity (Wildman–Crippen MR) is 80.4 cm³/mol. The molecule has 0 N–H and O–H groups in total. The van der Waals surface area contributed by atoms with Gasteiger partial charge in [-0.3, -0.25) is 9.59 Å². The number of benzene rings is 1. The van der Waals surface area contributed by atoms with Crippen molar-refractivity contribution in [3.8, 4) is 0 Å². The van der Waals surface area contributed by atoms with Crippen molar-refractivity contribution in [2.45, 2.75) is 0 Å². The molecule has 1 aliphatic heterocycles. The molecule has 0 aromatic heterocycles. The quantitative estimate of drug-likeness (QED) is 0.649. The molecule has 6 heteroatoms. The molecule has 2 rings (SSSR count). The van der Waals surface area contributed by atoms with Crippen LogP contribution in [0.3, 0.4) is 0 Å². The zero-order valence-corrected chi connectivity index (χ0v) is 13.6. The van der Waals surface area contributed by atoms with Gasteiger partial charge in [0.1, 0.15) is 6.54 Å². The lowest BCUT2D eigenvalue weighted by Gasteiger charge is -2.32. The van der Waals surface area contributed by atoms with Crippen LogP contribution in [0.1, 0.15) is 10.4 Å². The Hall–Kier alpha value is -0.630. The Morgan fingerprint density at radius 3 is 2.78 bits per heavy atom. The average molecular weight is 423 g/mol. The third kappa shape index (κ3) is 2.85. The first-order valence-electron chi connectivity index (χ1n) is 5.47. The van der Waals surface area contributed by atoms with Crippen LogP contribution in [0.25, 0.3) is 0 Å². The molecule has 1 fully saturated rings. The van der Waals surface area contributed by atoms with Gasteiger partial charge in [0.05, 0.1) is 5.56 Å². The van der Waals surface area contributed by atoms with Gasteiger partial charge < -0.3 is 9.80 Å². The van der Waals surface area contributed by atoms with Gasteiger partial charge in [-0.15, -0.1) is 0 Å². The summed E-state index contributed by atoms with van der Waals surface area (Å²) in [6, 6.07) is 5.61. The normalized spacial score (nSPS) is 16.1. The van der Waals surface area contributed by atoms with E-state index < -0.39 is 0 Å². The number of carbonyl (C=O) groups excluding carboxylic acids is 2. The van der Waals surface area contributed by atoms with E-state index in [1.54, 1.807) is 16.8 Å². The van der Waals surface area contributed by atoms with Gasteiger partial charge in [0.25, 0.3) is 5.91 Å². The number of piperazine rings is 1. The largest absolute Gasteiger partial charge is 0.342 e. The van der Waals surface area contributed by atoms with Crippen molar-refractivity contribution in [3.05, 3.63) is 31.8 Å². The Labute approximate surface area is 128 Å². The first-order chi connectivity index (χ1) is 8.49. The molecule has 0 spiro atoms. The molecule has 0 saturated carbocycles. The minimum absolute atomic E-state index is 0.0173. The summed E-state index contributed by atoms with van der Waals surface area (Å²) in [4.78, 5) is 27.2. The first kappa shape index (κ1) is 13.8.